The summed E-state index contributed by atoms with van der Waals surface area (Å²) in [4.78, 5) is 18.7. The van der Waals surface area contributed by atoms with Crippen LogP contribution in [-0.4, -0.2) is 55.6 Å². The predicted octanol–water partition coefficient (Wildman–Crippen LogP) is 3.99. The summed E-state index contributed by atoms with van der Waals surface area (Å²) >= 11 is 0. The molecular weight excluding hydrogens is 528 g/mol. The average molecular weight is 555 g/mol. The van der Waals surface area contributed by atoms with Gasteiger partial charge in [-0.2, -0.15) is 18.4 Å². The first-order valence-electron chi connectivity index (χ1n) is 12.4. The van der Waals surface area contributed by atoms with Crippen molar-refractivity contribution in [3.05, 3.63) is 35.9 Å². The number of carbonyl (C=O) groups excluding carboxylic acids is 1. The van der Waals surface area contributed by atoms with Crippen LogP contribution in [-0.2, 0) is 20.8 Å². The predicted molar refractivity (Wildman–Crippen MR) is 129 cm³/mol. The van der Waals surface area contributed by atoms with E-state index in [9.17, 15) is 36.0 Å². The van der Waals surface area contributed by atoms with Crippen LogP contribution >= 0.6 is 0 Å². The van der Waals surface area contributed by atoms with Crippen LogP contribution in [0.3, 0.4) is 0 Å². The minimum atomic E-state index is -4.87. The first kappa shape index (κ1) is 26.5. The molecule has 38 heavy (non-hydrogen) atoms. The molecule has 8 nitrogen and oxygen atoms in total. The number of hydrogen-bond acceptors (Lipinski definition) is 7. The van der Waals surface area contributed by atoms with Crippen molar-refractivity contribution in [2.75, 3.05) is 29.5 Å². The second-order valence-electron chi connectivity index (χ2n) is 10.2. The van der Waals surface area contributed by atoms with Crippen molar-refractivity contribution in [3.63, 3.8) is 0 Å². The molecule has 2 heterocycles. The third-order valence-electron chi connectivity index (χ3n) is 7.53. The molecule has 0 spiro atoms. The van der Waals surface area contributed by atoms with Crippen LogP contribution < -0.4 is 10.2 Å². The van der Waals surface area contributed by atoms with E-state index >= 15 is 0 Å². The highest BCUT2D eigenvalue weighted by Gasteiger charge is 2.49. The molecule has 2 saturated carbocycles. The molecule has 204 valence electrons. The van der Waals surface area contributed by atoms with E-state index in [0.29, 0.717) is 37.2 Å². The van der Waals surface area contributed by atoms with Gasteiger partial charge in [-0.05, 0) is 44.2 Å². The summed E-state index contributed by atoms with van der Waals surface area (Å²) in [5.74, 6) is -4.01. The fraction of sp³-hybridized carbons (Fsp3) is 0.560. The lowest BCUT2D eigenvalue weighted by Gasteiger charge is -2.32. The Morgan fingerprint density at radius 1 is 1.16 bits per heavy atom. The average Bonchev–Trinajstić information content (AvgIpc) is 3.49. The van der Waals surface area contributed by atoms with Gasteiger partial charge in [0.15, 0.2) is 9.84 Å². The van der Waals surface area contributed by atoms with Crippen LogP contribution in [0.15, 0.2) is 28.7 Å². The second kappa shape index (κ2) is 9.55. The van der Waals surface area contributed by atoms with E-state index in [1.54, 1.807) is 24.3 Å². The van der Waals surface area contributed by atoms with Crippen LogP contribution in [0.25, 0.3) is 11.3 Å². The van der Waals surface area contributed by atoms with E-state index in [1.807, 2.05) is 11.0 Å². The molecule has 1 aliphatic heterocycles. The van der Waals surface area contributed by atoms with Crippen LogP contribution in [0.4, 0.5) is 23.2 Å². The van der Waals surface area contributed by atoms with Crippen LogP contribution in [0.2, 0.25) is 0 Å². The van der Waals surface area contributed by atoms with E-state index in [4.69, 9.17) is 4.42 Å². The number of oxazole rings is 1. The van der Waals surface area contributed by atoms with Crippen molar-refractivity contribution in [1.29, 1.82) is 5.26 Å². The highest BCUT2D eigenvalue weighted by molar-refractivity contribution is 7.91. The number of rotatable bonds is 5. The summed E-state index contributed by atoms with van der Waals surface area (Å²) in [5.41, 5.74) is -0.0433. The van der Waals surface area contributed by atoms with Gasteiger partial charge in [-0.1, -0.05) is 12.1 Å². The number of alkyl halides is 4. The number of nitriles is 1. The van der Waals surface area contributed by atoms with E-state index in [1.165, 1.54) is 0 Å². The molecule has 3 atom stereocenters. The Morgan fingerprint density at radius 3 is 2.39 bits per heavy atom. The molecule has 2 aliphatic carbocycles. The number of sulfone groups is 1. The SMILES string of the molecule is N#CC1(NC(=O)C2CC(F)CCC2c2oc(C(F)(F)F)nc2-c2ccc(N3CCS(=O)(=O)CC3)cc2)CC1. The number of halogens is 4. The second-order valence-corrected chi connectivity index (χ2v) is 12.5. The van der Waals surface area contributed by atoms with E-state index in [0.717, 1.165) is 0 Å². The van der Waals surface area contributed by atoms with Crippen LogP contribution in [0, 0.1) is 17.2 Å². The molecule has 2 aromatic rings. The van der Waals surface area contributed by atoms with Crippen molar-refractivity contribution in [3.8, 4) is 17.3 Å². The third-order valence-corrected chi connectivity index (χ3v) is 9.14. The summed E-state index contributed by atoms with van der Waals surface area (Å²) in [6.07, 6.45) is -5.31. The van der Waals surface area contributed by atoms with Gasteiger partial charge in [0, 0.05) is 30.3 Å². The molecule has 0 bridgehead atoms. The zero-order chi connectivity index (χ0) is 27.3. The number of carbonyl (C=O) groups is 1. The van der Waals surface area contributed by atoms with E-state index < -0.39 is 51.4 Å². The number of anilines is 1. The minimum absolute atomic E-state index is 0.0188. The lowest BCUT2D eigenvalue weighted by molar-refractivity contribution is -0.157. The largest absolute Gasteiger partial charge is 0.468 e. The summed E-state index contributed by atoms with van der Waals surface area (Å²) in [7, 11) is -3.08. The van der Waals surface area contributed by atoms with E-state index in [2.05, 4.69) is 10.3 Å². The van der Waals surface area contributed by atoms with Crippen molar-refractivity contribution < 1.29 is 35.2 Å². The highest BCUT2D eigenvalue weighted by Crippen LogP contribution is 2.46. The van der Waals surface area contributed by atoms with Crippen molar-refractivity contribution in [2.45, 2.75) is 55.9 Å². The van der Waals surface area contributed by atoms with E-state index in [-0.39, 0.29) is 42.2 Å². The number of benzene rings is 1. The lowest BCUT2D eigenvalue weighted by Crippen LogP contribution is -2.44. The minimum Gasteiger partial charge on any atom is -0.437 e. The maximum absolute atomic E-state index is 14.4. The maximum Gasteiger partial charge on any atom is 0.468 e. The van der Waals surface area contributed by atoms with Gasteiger partial charge in [0.1, 0.15) is 23.2 Å². The Labute approximate surface area is 216 Å². The van der Waals surface area contributed by atoms with Gasteiger partial charge in [0.05, 0.1) is 23.5 Å². The molecular formula is C25H26F4N4O4S. The molecule has 3 unspecified atom stereocenters. The summed E-state index contributed by atoms with van der Waals surface area (Å²) in [5, 5.41) is 12.0. The molecule has 3 aliphatic rings. The summed E-state index contributed by atoms with van der Waals surface area (Å²) in [6.45, 7) is 0.616. The zero-order valence-corrected chi connectivity index (χ0v) is 21.1. The van der Waals surface area contributed by atoms with Gasteiger partial charge in [0.2, 0.25) is 5.91 Å². The molecule has 1 amide bonds. The van der Waals surface area contributed by atoms with Gasteiger partial charge < -0.3 is 14.6 Å². The highest BCUT2D eigenvalue weighted by atomic mass is 32.2. The first-order chi connectivity index (χ1) is 17.9. The van der Waals surface area contributed by atoms with Crippen molar-refractivity contribution >= 4 is 21.4 Å². The van der Waals surface area contributed by atoms with Crippen molar-refractivity contribution in [2.24, 2.45) is 5.92 Å². The van der Waals surface area contributed by atoms with Crippen LogP contribution in [0.5, 0.6) is 0 Å². The monoisotopic (exact) mass is 554 g/mol. The molecule has 5 rings (SSSR count). The standard InChI is InChI=1S/C25H26F4N4O4S/c26-16-3-6-18(19(13-16)22(34)32-24(14-30)7-8-24)21-20(31-23(37-21)25(27,28)29)15-1-4-17(5-2-15)33-9-11-38(35,36)12-10-33/h1-2,4-5,16,18-19H,3,6-13H2,(H,32,34). The molecule has 0 radical (unpaired) electrons. The Kier molecular flexibility index (Phi) is 6.65. The van der Waals surface area contributed by atoms with Gasteiger partial charge in [-0.15, -0.1) is 0 Å². The molecule has 1 aromatic heterocycles. The smallest absolute Gasteiger partial charge is 0.437 e. The fourth-order valence-electron chi connectivity index (χ4n) is 5.15. The number of nitrogens with zero attached hydrogens (tertiary/aromatic N) is 3. The molecule has 1 saturated heterocycles. The molecule has 13 heteroatoms. The van der Waals surface area contributed by atoms with Crippen molar-refractivity contribution in [1.82, 2.24) is 10.3 Å². The molecule has 3 fully saturated rings. The third kappa shape index (κ3) is 5.36. The first-order valence-corrected chi connectivity index (χ1v) is 14.2. The molecule has 1 N–H and O–H groups in total. The van der Waals surface area contributed by atoms with Crippen LogP contribution in [0.1, 0.15) is 49.7 Å². The molecule has 1 aromatic carbocycles. The number of nitrogens with one attached hydrogen (secondary N) is 1. The lowest BCUT2D eigenvalue weighted by atomic mass is 9.75. The van der Waals surface area contributed by atoms with Gasteiger partial charge >= 0.3 is 12.1 Å². The fourth-order valence-corrected chi connectivity index (χ4v) is 6.35. The Morgan fingerprint density at radius 2 is 1.82 bits per heavy atom. The Balaban J connectivity index is 1.47. The summed E-state index contributed by atoms with van der Waals surface area (Å²) < 4.78 is 84.0. The van der Waals surface area contributed by atoms with Gasteiger partial charge in [-0.3, -0.25) is 4.79 Å². The number of aromatic nitrogens is 1. The maximum atomic E-state index is 14.4. The number of amides is 1. The normalized spacial score (nSPS) is 26.4. The quantitative estimate of drug-likeness (QED) is 0.556. The Bertz CT molecular complexity index is 1350. The Hall–Kier alpha value is -3.14. The van der Waals surface area contributed by atoms with Gasteiger partial charge in [0.25, 0.3) is 0 Å². The number of hydrogen-bond donors (Lipinski definition) is 1. The zero-order valence-electron chi connectivity index (χ0n) is 20.3. The summed E-state index contributed by atoms with van der Waals surface area (Å²) in [6, 6.07) is 8.53. The van der Waals surface area contributed by atoms with Gasteiger partial charge in [-0.25, -0.2) is 17.8 Å². The topological polar surface area (TPSA) is 116 Å².